The molecule has 4 N–H and O–H groups in total. The smallest absolute Gasteiger partial charge is 0.357 e. The second kappa shape index (κ2) is 8.88. The average molecular weight is 465 g/mol. The minimum atomic E-state index is -1.35. The maximum Gasteiger partial charge on any atom is 0.357 e. The van der Waals surface area contributed by atoms with E-state index in [0.717, 1.165) is 16.7 Å². The largest absolute Gasteiger partial charge is 0.480 e. The van der Waals surface area contributed by atoms with Crippen molar-refractivity contribution in [3.8, 4) is 5.75 Å². The zero-order valence-electron chi connectivity index (χ0n) is 16.8. The molecule has 0 aliphatic carbocycles. The Hall–Kier alpha value is -3.58. The number of carboxylic acids is 2. The molecule has 0 unspecified atom stereocenters. The molecule has 0 saturated carbocycles. The number of carboxylic acid groups (broad SMARTS) is 2. The molecule has 170 valence electrons. The molecule has 1 saturated heterocycles. The summed E-state index contributed by atoms with van der Waals surface area (Å²) in [6, 6.07) is 4.56. The van der Waals surface area contributed by atoms with Crippen LogP contribution in [0.3, 0.4) is 0 Å². The molecule has 0 spiro atoms. The lowest BCUT2D eigenvalue weighted by Crippen LogP contribution is -2.60. The van der Waals surface area contributed by atoms with Crippen LogP contribution in [0.25, 0.3) is 0 Å². The van der Waals surface area contributed by atoms with E-state index in [9.17, 15) is 34.2 Å². The van der Waals surface area contributed by atoms with Crippen LogP contribution in [0.2, 0.25) is 0 Å². The van der Waals surface area contributed by atoms with Crippen molar-refractivity contribution in [3.63, 3.8) is 0 Å². The second-order valence-corrected chi connectivity index (χ2v) is 8.06. The Kier molecular flexibility index (Phi) is 6.41. The average Bonchev–Trinajstić information content (AvgIpc) is 3.05. The minimum absolute atomic E-state index is 0.0248. The SMILES string of the molecule is C[C@@H](O)[C@H]1C(=O)N2C(C(=O)O)=C(Oc3ccc(C(=O)N(C)C(=O)NCC(=O)O)cc3)S[C@H]12. The number of rotatable bonds is 7. The first-order valence-electron chi connectivity index (χ1n) is 9.24. The molecule has 12 nitrogen and oxygen atoms in total. The number of thioether (sulfide) groups is 1. The fourth-order valence-corrected chi connectivity index (χ4v) is 4.62. The maximum absolute atomic E-state index is 12.4. The summed E-state index contributed by atoms with van der Waals surface area (Å²) in [7, 11) is 1.18. The molecule has 0 aromatic heterocycles. The van der Waals surface area contributed by atoms with Gasteiger partial charge in [0, 0.05) is 12.6 Å². The lowest BCUT2D eigenvalue weighted by Gasteiger charge is -2.43. The standard InChI is InChI=1S/C19H19N3O9S/c1-8(23)12-15(27)22-13(17(28)29)18(32-16(12)22)31-10-5-3-9(4-6-10)14(26)21(2)19(30)20-7-11(24)25/h3-6,8,12,16,23H,7H2,1-2H3,(H,20,30)(H,24,25)(H,28,29)/t8-,12+,16-/m1/s1. The summed E-state index contributed by atoms with van der Waals surface area (Å²) in [5.74, 6) is -4.36. The van der Waals surface area contributed by atoms with Crippen LogP contribution in [0.1, 0.15) is 17.3 Å². The van der Waals surface area contributed by atoms with Crippen LogP contribution in [0.15, 0.2) is 35.1 Å². The first-order chi connectivity index (χ1) is 15.0. The number of hydrogen-bond acceptors (Lipinski definition) is 8. The molecular formula is C19H19N3O9S. The molecule has 1 aromatic carbocycles. The highest BCUT2D eigenvalue weighted by Gasteiger charge is 2.58. The number of urea groups is 1. The highest BCUT2D eigenvalue weighted by atomic mass is 32.2. The van der Waals surface area contributed by atoms with Crippen molar-refractivity contribution >= 4 is 41.5 Å². The number of benzene rings is 1. The Morgan fingerprint density at radius 3 is 2.38 bits per heavy atom. The van der Waals surface area contributed by atoms with Crippen LogP contribution in [0.5, 0.6) is 5.75 Å². The molecule has 1 fully saturated rings. The van der Waals surface area contributed by atoms with Crippen LogP contribution in [0, 0.1) is 5.92 Å². The van der Waals surface area contributed by atoms with Crippen LogP contribution in [-0.4, -0.2) is 80.0 Å². The van der Waals surface area contributed by atoms with Gasteiger partial charge >= 0.3 is 18.0 Å². The van der Waals surface area contributed by atoms with Gasteiger partial charge < -0.3 is 25.4 Å². The molecule has 13 heteroatoms. The topological polar surface area (TPSA) is 174 Å². The van der Waals surface area contributed by atoms with Crippen molar-refractivity contribution < 1.29 is 44.0 Å². The number of carbonyl (C=O) groups excluding carboxylic acids is 3. The van der Waals surface area contributed by atoms with E-state index in [1.165, 1.54) is 38.2 Å². The van der Waals surface area contributed by atoms with E-state index < -0.39 is 53.7 Å². The summed E-state index contributed by atoms with van der Waals surface area (Å²) >= 11 is 1.00. The molecule has 3 atom stereocenters. The zero-order chi connectivity index (χ0) is 23.7. The number of aliphatic carboxylic acids is 2. The quantitative estimate of drug-likeness (QED) is 0.404. The molecule has 3 rings (SSSR count). The molecule has 1 aromatic rings. The Morgan fingerprint density at radius 2 is 1.84 bits per heavy atom. The number of nitrogens with one attached hydrogen (secondary N) is 1. The van der Waals surface area contributed by atoms with Gasteiger partial charge in [0.05, 0.1) is 12.0 Å². The van der Waals surface area contributed by atoms with Gasteiger partial charge in [-0.2, -0.15) is 0 Å². The highest BCUT2D eigenvalue weighted by Crippen LogP contribution is 2.50. The van der Waals surface area contributed by atoms with Gasteiger partial charge in [-0.1, -0.05) is 11.8 Å². The van der Waals surface area contributed by atoms with E-state index in [-0.39, 0.29) is 22.1 Å². The summed E-state index contributed by atoms with van der Waals surface area (Å²) in [6.45, 7) is 0.812. The first kappa shape index (κ1) is 23.1. The van der Waals surface area contributed by atoms with Crippen molar-refractivity contribution in [1.82, 2.24) is 15.1 Å². The van der Waals surface area contributed by atoms with Crippen LogP contribution in [-0.2, 0) is 14.4 Å². The summed E-state index contributed by atoms with van der Waals surface area (Å²) in [4.78, 5) is 60.4. The molecular weight excluding hydrogens is 446 g/mol. The van der Waals surface area contributed by atoms with Crippen molar-refractivity contribution in [3.05, 3.63) is 40.6 Å². The predicted octanol–water partition coefficient (Wildman–Crippen LogP) is 0.0974. The normalized spacial score (nSPS) is 20.2. The van der Waals surface area contributed by atoms with Gasteiger partial charge in [-0.3, -0.25) is 24.2 Å². The predicted molar refractivity (Wildman–Crippen MR) is 108 cm³/mol. The van der Waals surface area contributed by atoms with Crippen molar-refractivity contribution in [2.45, 2.75) is 18.4 Å². The van der Waals surface area contributed by atoms with Gasteiger partial charge in [0.2, 0.25) is 5.91 Å². The van der Waals surface area contributed by atoms with Gasteiger partial charge in [0.1, 0.15) is 17.7 Å². The van der Waals surface area contributed by atoms with Gasteiger partial charge in [0.25, 0.3) is 5.91 Å². The molecule has 32 heavy (non-hydrogen) atoms. The number of fused-ring (bicyclic) bond motifs is 1. The first-order valence-corrected chi connectivity index (χ1v) is 10.1. The summed E-state index contributed by atoms with van der Waals surface area (Å²) in [5.41, 5.74) is -0.220. The Bertz CT molecular complexity index is 1020. The van der Waals surface area contributed by atoms with Crippen molar-refractivity contribution in [2.24, 2.45) is 5.92 Å². The maximum atomic E-state index is 12.4. The summed E-state index contributed by atoms with van der Waals surface area (Å²) in [5, 5.41) is 29.3. The van der Waals surface area contributed by atoms with E-state index >= 15 is 0 Å². The monoisotopic (exact) mass is 465 g/mol. The van der Waals surface area contributed by atoms with Crippen LogP contribution >= 0.6 is 11.8 Å². The number of ether oxygens (including phenoxy) is 1. The molecule has 4 amide bonds. The molecule has 0 radical (unpaired) electrons. The van der Waals surface area contributed by atoms with Crippen molar-refractivity contribution in [1.29, 1.82) is 0 Å². The minimum Gasteiger partial charge on any atom is -0.480 e. The third-order valence-corrected chi connectivity index (χ3v) is 6.02. The Labute approximate surface area is 185 Å². The number of aliphatic hydroxyl groups is 1. The van der Waals surface area contributed by atoms with Gasteiger partial charge in [-0.05, 0) is 31.2 Å². The molecule has 2 aliphatic heterocycles. The number of aliphatic hydroxyl groups excluding tert-OH is 1. The lowest BCUT2D eigenvalue weighted by atomic mass is 9.92. The number of β-lactam (4-membered cyclic amide) rings is 1. The van der Waals surface area contributed by atoms with E-state index in [1.807, 2.05) is 0 Å². The Balaban J connectivity index is 1.71. The summed E-state index contributed by atoms with van der Waals surface area (Å²) in [6.07, 6.45) is -0.944. The second-order valence-electron chi connectivity index (χ2n) is 6.97. The number of amides is 4. The molecule has 2 aliphatic rings. The highest BCUT2D eigenvalue weighted by molar-refractivity contribution is 8.03. The number of imide groups is 1. The van der Waals surface area contributed by atoms with E-state index in [2.05, 4.69) is 5.32 Å². The number of hydrogen-bond donors (Lipinski definition) is 4. The van der Waals surface area contributed by atoms with E-state index in [0.29, 0.717) is 4.90 Å². The Morgan fingerprint density at radius 1 is 1.22 bits per heavy atom. The molecule has 2 heterocycles. The fraction of sp³-hybridized carbons (Fsp3) is 0.316. The van der Waals surface area contributed by atoms with E-state index in [4.69, 9.17) is 9.84 Å². The molecule has 0 bridgehead atoms. The number of carbonyl (C=O) groups is 5. The van der Waals surface area contributed by atoms with Crippen LogP contribution in [0.4, 0.5) is 4.79 Å². The lowest BCUT2D eigenvalue weighted by molar-refractivity contribution is -0.156. The van der Waals surface area contributed by atoms with Gasteiger partial charge in [-0.15, -0.1) is 0 Å². The fourth-order valence-electron chi connectivity index (χ4n) is 3.15. The third kappa shape index (κ3) is 4.24. The third-order valence-electron chi connectivity index (χ3n) is 4.78. The van der Waals surface area contributed by atoms with Crippen molar-refractivity contribution in [2.75, 3.05) is 13.6 Å². The van der Waals surface area contributed by atoms with Gasteiger partial charge in [0.15, 0.2) is 10.8 Å². The summed E-state index contributed by atoms with van der Waals surface area (Å²) < 4.78 is 5.63. The van der Waals surface area contributed by atoms with E-state index in [1.54, 1.807) is 0 Å². The zero-order valence-corrected chi connectivity index (χ0v) is 17.7. The van der Waals surface area contributed by atoms with Gasteiger partial charge in [-0.25, -0.2) is 9.59 Å². The number of nitrogens with zero attached hydrogens (tertiary/aromatic N) is 2. The van der Waals surface area contributed by atoms with Crippen LogP contribution < -0.4 is 10.1 Å².